The fraction of sp³-hybridized carbons (Fsp3) is 0.211. The lowest BCUT2D eigenvalue weighted by Gasteiger charge is -2.15. The second-order valence-corrected chi connectivity index (χ2v) is 6.27. The fourth-order valence-electron chi connectivity index (χ4n) is 3.09. The van der Waals surface area contributed by atoms with Crippen LogP contribution in [0.15, 0.2) is 54.7 Å². The number of hydrogen-bond donors (Lipinski definition) is 2. The summed E-state index contributed by atoms with van der Waals surface area (Å²) in [6.45, 7) is 1.49. The zero-order chi connectivity index (χ0) is 17.9. The van der Waals surface area contributed by atoms with Crippen LogP contribution in [0.2, 0.25) is 0 Å². The third-order valence-corrected chi connectivity index (χ3v) is 4.46. The third kappa shape index (κ3) is 3.42. The van der Waals surface area contributed by atoms with Crippen molar-refractivity contribution >= 4 is 11.7 Å². The standard InChI is InChI=1S/C19H18FN5O/c20-14-6-4-13(5-7-14)17-11-18(24-23-17)25-10-8-15(12-25)22-19(26)16-3-1-2-9-21-16/h1-7,9,11,15H,8,10,12H2,(H,22,26)(H,23,24). The highest BCUT2D eigenvalue weighted by Gasteiger charge is 2.26. The van der Waals surface area contributed by atoms with E-state index in [1.54, 1.807) is 36.5 Å². The zero-order valence-corrected chi connectivity index (χ0v) is 14.0. The van der Waals surface area contributed by atoms with E-state index < -0.39 is 0 Å². The minimum absolute atomic E-state index is 0.0514. The molecule has 1 aliphatic heterocycles. The summed E-state index contributed by atoms with van der Waals surface area (Å²) in [6, 6.07) is 13.5. The van der Waals surface area contributed by atoms with E-state index in [2.05, 4.69) is 25.4 Å². The molecule has 6 nitrogen and oxygen atoms in total. The van der Waals surface area contributed by atoms with E-state index in [9.17, 15) is 9.18 Å². The van der Waals surface area contributed by atoms with Crippen LogP contribution in [-0.2, 0) is 0 Å². The van der Waals surface area contributed by atoms with Gasteiger partial charge in [0, 0.05) is 31.4 Å². The number of hydrogen-bond acceptors (Lipinski definition) is 4. The van der Waals surface area contributed by atoms with Gasteiger partial charge in [0.15, 0.2) is 5.82 Å². The van der Waals surface area contributed by atoms with Gasteiger partial charge >= 0.3 is 0 Å². The first kappa shape index (κ1) is 16.3. The average Bonchev–Trinajstić information content (AvgIpc) is 3.32. The number of aromatic amines is 1. The van der Waals surface area contributed by atoms with Gasteiger partial charge in [0.25, 0.3) is 5.91 Å². The first-order valence-electron chi connectivity index (χ1n) is 8.47. The molecule has 3 aromatic rings. The molecule has 0 radical (unpaired) electrons. The summed E-state index contributed by atoms with van der Waals surface area (Å²) in [5.74, 6) is 0.393. The van der Waals surface area contributed by atoms with Gasteiger partial charge in [-0.3, -0.25) is 14.9 Å². The first-order chi connectivity index (χ1) is 12.7. The molecule has 4 rings (SSSR count). The number of carbonyl (C=O) groups is 1. The van der Waals surface area contributed by atoms with Crippen LogP contribution < -0.4 is 10.2 Å². The van der Waals surface area contributed by atoms with Crippen LogP contribution in [0, 0.1) is 5.82 Å². The minimum Gasteiger partial charge on any atom is -0.353 e. The van der Waals surface area contributed by atoms with Crippen molar-refractivity contribution in [3.05, 3.63) is 66.2 Å². The van der Waals surface area contributed by atoms with E-state index in [1.165, 1.54) is 12.1 Å². The molecule has 0 aliphatic carbocycles. The number of carbonyl (C=O) groups excluding carboxylic acids is 1. The summed E-state index contributed by atoms with van der Waals surface area (Å²) >= 11 is 0. The molecule has 2 aromatic heterocycles. The Balaban J connectivity index is 1.40. The Labute approximate surface area is 150 Å². The van der Waals surface area contributed by atoms with Crippen LogP contribution in [0.25, 0.3) is 11.3 Å². The Morgan fingerprint density at radius 3 is 2.85 bits per heavy atom. The minimum atomic E-state index is -0.264. The smallest absolute Gasteiger partial charge is 0.270 e. The van der Waals surface area contributed by atoms with Crippen molar-refractivity contribution in [2.24, 2.45) is 0 Å². The van der Waals surface area contributed by atoms with Crippen molar-refractivity contribution in [2.45, 2.75) is 12.5 Å². The van der Waals surface area contributed by atoms with E-state index in [1.807, 2.05) is 6.07 Å². The van der Waals surface area contributed by atoms with Crippen LogP contribution in [-0.4, -0.2) is 40.2 Å². The number of halogens is 1. The summed E-state index contributed by atoms with van der Waals surface area (Å²) in [5, 5.41) is 10.4. The quantitative estimate of drug-likeness (QED) is 0.758. The average molecular weight is 351 g/mol. The SMILES string of the molecule is O=C(NC1CCN(c2cc(-c3ccc(F)cc3)[nH]n2)C1)c1ccccn1. The van der Waals surface area contributed by atoms with Gasteiger partial charge in [-0.2, -0.15) is 5.10 Å². The van der Waals surface area contributed by atoms with E-state index in [4.69, 9.17) is 0 Å². The number of anilines is 1. The molecule has 3 heterocycles. The Morgan fingerprint density at radius 2 is 2.08 bits per heavy atom. The summed E-state index contributed by atoms with van der Waals surface area (Å²) < 4.78 is 13.1. The molecule has 1 saturated heterocycles. The van der Waals surface area contributed by atoms with Crippen molar-refractivity contribution < 1.29 is 9.18 Å². The van der Waals surface area contributed by atoms with Crippen molar-refractivity contribution in [1.82, 2.24) is 20.5 Å². The maximum Gasteiger partial charge on any atom is 0.270 e. The Hall–Kier alpha value is -3.22. The number of nitrogens with one attached hydrogen (secondary N) is 2. The van der Waals surface area contributed by atoms with Gasteiger partial charge in [-0.05, 0) is 48.4 Å². The first-order valence-corrected chi connectivity index (χ1v) is 8.47. The lowest BCUT2D eigenvalue weighted by atomic mass is 10.1. The van der Waals surface area contributed by atoms with Gasteiger partial charge in [-0.25, -0.2) is 4.39 Å². The molecule has 2 N–H and O–H groups in total. The maximum absolute atomic E-state index is 13.1. The van der Waals surface area contributed by atoms with E-state index in [-0.39, 0.29) is 17.8 Å². The van der Waals surface area contributed by atoms with Crippen LogP contribution in [0.5, 0.6) is 0 Å². The number of amides is 1. The van der Waals surface area contributed by atoms with Crippen LogP contribution in [0.3, 0.4) is 0 Å². The van der Waals surface area contributed by atoms with Crippen molar-refractivity contribution in [2.75, 3.05) is 18.0 Å². The molecule has 1 unspecified atom stereocenters. The topological polar surface area (TPSA) is 73.9 Å². The van der Waals surface area contributed by atoms with Crippen molar-refractivity contribution in [3.63, 3.8) is 0 Å². The van der Waals surface area contributed by atoms with Crippen LogP contribution in [0.4, 0.5) is 10.2 Å². The number of rotatable bonds is 4. The van der Waals surface area contributed by atoms with E-state index in [0.29, 0.717) is 12.2 Å². The highest BCUT2D eigenvalue weighted by atomic mass is 19.1. The second-order valence-electron chi connectivity index (χ2n) is 6.27. The van der Waals surface area contributed by atoms with Gasteiger partial charge in [-0.15, -0.1) is 0 Å². The molecule has 0 spiro atoms. The van der Waals surface area contributed by atoms with Crippen molar-refractivity contribution in [1.29, 1.82) is 0 Å². The number of pyridine rings is 1. The summed E-state index contributed by atoms with van der Waals surface area (Å²) in [4.78, 5) is 18.4. The Kier molecular flexibility index (Phi) is 4.35. The lowest BCUT2D eigenvalue weighted by molar-refractivity contribution is 0.0935. The Morgan fingerprint density at radius 1 is 1.23 bits per heavy atom. The van der Waals surface area contributed by atoms with Crippen LogP contribution in [0.1, 0.15) is 16.9 Å². The maximum atomic E-state index is 13.1. The molecule has 7 heteroatoms. The Bertz CT molecular complexity index is 894. The normalized spacial score (nSPS) is 16.7. The number of benzene rings is 1. The molecular formula is C19H18FN5O. The molecule has 1 amide bonds. The molecule has 0 bridgehead atoms. The summed E-state index contributed by atoms with van der Waals surface area (Å²) in [7, 11) is 0. The molecule has 0 saturated carbocycles. The zero-order valence-electron chi connectivity index (χ0n) is 14.0. The van der Waals surface area contributed by atoms with Crippen molar-refractivity contribution in [3.8, 4) is 11.3 Å². The second kappa shape index (κ2) is 6.95. The molecule has 26 heavy (non-hydrogen) atoms. The van der Waals surface area contributed by atoms with Gasteiger partial charge in [0.1, 0.15) is 11.5 Å². The predicted molar refractivity (Wildman–Crippen MR) is 96.3 cm³/mol. The van der Waals surface area contributed by atoms with Crippen LogP contribution >= 0.6 is 0 Å². The lowest BCUT2D eigenvalue weighted by Crippen LogP contribution is -2.37. The summed E-state index contributed by atoms with van der Waals surface area (Å²) in [5.41, 5.74) is 2.13. The third-order valence-electron chi connectivity index (χ3n) is 4.46. The highest BCUT2D eigenvalue weighted by molar-refractivity contribution is 5.92. The number of H-pyrrole nitrogens is 1. The molecule has 1 aromatic carbocycles. The van der Waals surface area contributed by atoms with E-state index in [0.717, 1.165) is 30.0 Å². The molecule has 1 aliphatic rings. The predicted octanol–water partition coefficient (Wildman–Crippen LogP) is 2.62. The molecule has 132 valence electrons. The largest absolute Gasteiger partial charge is 0.353 e. The molecular weight excluding hydrogens is 333 g/mol. The fourth-order valence-corrected chi connectivity index (χ4v) is 3.09. The number of nitrogens with zero attached hydrogens (tertiary/aromatic N) is 3. The monoisotopic (exact) mass is 351 g/mol. The highest BCUT2D eigenvalue weighted by Crippen LogP contribution is 2.24. The van der Waals surface area contributed by atoms with E-state index >= 15 is 0 Å². The van der Waals surface area contributed by atoms with Gasteiger partial charge < -0.3 is 10.2 Å². The van der Waals surface area contributed by atoms with Gasteiger partial charge in [0.2, 0.25) is 0 Å². The number of aromatic nitrogens is 3. The summed E-state index contributed by atoms with van der Waals surface area (Å²) in [6.07, 6.45) is 2.45. The van der Waals surface area contributed by atoms with Gasteiger partial charge in [0.05, 0.1) is 5.69 Å². The molecule has 1 atom stereocenters. The molecule has 1 fully saturated rings. The van der Waals surface area contributed by atoms with Gasteiger partial charge in [-0.1, -0.05) is 6.07 Å².